The van der Waals surface area contributed by atoms with Gasteiger partial charge in [-0.2, -0.15) is 0 Å². The zero-order chi connectivity index (χ0) is 15.4. The van der Waals surface area contributed by atoms with Crippen LogP contribution in [0.1, 0.15) is 21.5 Å². The highest BCUT2D eigenvalue weighted by Gasteiger charge is 2.12. The van der Waals surface area contributed by atoms with Crippen molar-refractivity contribution in [1.82, 2.24) is 0 Å². The van der Waals surface area contributed by atoms with Gasteiger partial charge in [0.15, 0.2) is 0 Å². The van der Waals surface area contributed by atoms with Crippen LogP contribution in [0.15, 0.2) is 42.5 Å². The largest absolute Gasteiger partial charge is 0.481 e. The topological polar surface area (TPSA) is 66.4 Å². The molecule has 4 nitrogen and oxygen atoms in total. The average Bonchev–Trinajstić information content (AvgIpc) is 2.39. The van der Waals surface area contributed by atoms with Gasteiger partial charge in [0.2, 0.25) is 0 Å². The summed E-state index contributed by atoms with van der Waals surface area (Å²) in [4.78, 5) is 22.9. The molecule has 108 valence electrons. The summed E-state index contributed by atoms with van der Waals surface area (Å²) >= 11 is 0. The molecule has 5 heteroatoms. The van der Waals surface area contributed by atoms with E-state index in [0.717, 1.165) is 6.07 Å². The van der Waals surface area contributed by atoms with Crippen LogP contribution in [0.5, 0.6) is 0 Å². The first-order chi connectivity index (χ1) is 9.95. The molecule has 0 atom stereocenters. The number of hydrogen-bond donors (Lipinski definition) is 2. The lowest BCUT2D eigenvalue weighted by Gasteiger charge is -2.10. The van der Waals surface area contributed by atoms with Gasteiger partial charge in [0.05, 0.1) is 6.42 Å². The predicted molar refractivity (Wildman–Crippen MR) is 76.9 cm³/mol. The zero-order valence-corrected chi connectivity index (χ0v) is 11.4. The molecule has 0 bridgehead atoms. The van der Waals surface area contributed by atoms with E-state index < -0.39 is 17.7 Å². The van der Waals surface area contributed by atoms with Crippen molar-refractivity contribution in [2.75, 3.05) is 5.32 Å². The van der Waals surface area contributed by atoms with E-state index in [2.05, 4.69) is 5.32 Å². The molecule has 2 rings (SSSR count). The number of carboxylic acid groups (broad SMARTS) is 1. The molecule has 2 N–H and O–H groups in total. The van der Waals surface area contributed by atoms with E-state index in [4.69, 9.17) is 5.11 Å². The Hall–Kier alpha value is -2.69. The first kappa shape index (κ1) is 14.7. The number of rotatable bonds is 4. The zero-order valence-electron chi connectivity index (χ0n) is 11.4. The molecule has 0 saturated carbocycles. The van der Waals surface area contributed by atoms with Crippen molar-refractivity contribution in [3.8, 4) is 0 Å². The summed E-state index contributed by atoms with van der Waals surface area (Å²) in [6.07, 6.45) is -0.196. The number of aliphatic carboxylic acids is 1. The normalized spacial score (nSPS) is 10.2. The van der Waals surface area contributed by atoms with E-state index in [-0.39, 0.29) is 12.0 Å². The van der Waals surface area contributed by atoms with Crippen LogP contribution in [-0.4, -0.2) is 17.0 Å². The Morgan fingerprint density at radius 2 is 1.90 bits per heavy atom. The van der Waals surface area contributed by atoms with Crippen molar-refractivity contribution in [3.05, 3.63) is 65.0 Å². The summed E-state index contributed by atoms with van der Waals surface area (Å²) in [5.74, 6) is -1.95. The second kappa shape index (κ2) is 6.17. The fraction of sp³-hybridized carbons (Fsp3) is 0.125. The second-order valence-electron chi connectivity index (χ2n) is 4.70. The highest BCUT2D eigenvalue weighted by Crippen LogP contribution is 2.17. The van der Waals surface area contributed by atoms with Crippen LogP contribution in [0.2, 0.25) is 0 Å². The number of hydrogen-bond acceptors (Lipinski definition) is 2. The van der Waals surface area contributed by atoms with Gasteiger partial charge in [-0.3, -0.25) is 9.59 Å². The van der Waals surface area contributed by atoms with Crippen molar-refractivity contribution >= 4 is 17.6 Å². The van der Waals surface area contributed by atoms with Gasteiger partial charge in [-0.05, 0) is 42.3 Å². The number of benzene rings is 2. The first-order valence-corrected chi connectivity index (χ1v) is 6.34. The first-order valence-electron chi connectivity index (χ1n) is 6.34. The van der Waals surface area contributed by atoms with Crippen molar-refractivity contribution in [1.29, 1.82) is 0 Å². The fourth-order valence-electron chi connectivity index (χ4n) is 2.02. The molecule has 0 aliphatic rings. The quantitative estimate of drug-likeness (QED) is 0.908. The minimum Gasteiger partial charge on any atom is -0.481 e. The number of halogens is 1. The number of aryl methyl sites for hydroxylation is 1. The van der Waals surface area contributed by atoms with Crippen molar-refractivity contribution in [2.45, 2.75) is 13.3 Å². The van der Waals surface area contributed by atoms with E-state index >= 15 is 0 Å². The summed E-state index contributed by atoms with van der Waals surface area (Å²) in [5, 5.41) is 11.5. The third-order valence-electron chi connectivity index (χ3n) is 2.91. The van der Waals surface area contributed by atoms with Crippen LogP contribution < -0.4 is 5.32 Å². The standard InChI is InChI=1S/C16H14FNO3/c1-10-6-12(8-13(17)7-10)16(21)18-14-5-3-2-4-11(14)9-15(19)20/h2-8H,9H2,1H3,(H,18,21)(H,19,20). The van der Waals surface area contributed by atoms with Crippen molar-refractivity contribution in [2.24, 2.45) is 0 Å². The lowest BCUT2D eigenvalue weighted by atomic mass is 10.1. The summed E-state index contributed by atoms with van der Waals surface area (Å²) in [5.41, 5.74) is 1.73. The maximum absolute atomic E-state index is 13.3. The lowest BCUT2D eigenvalue weighted by molar-refractivity contribution is -0.136. The van der Waals surface area contributed by atoms with E-state index in [1.807, 2.05) is 0 Å². The van der Waals surface area contributed by atoms with Crippen molar-refractivity contribution < 1.29 is 19.1 Å². The molecule has 0 aliphatic carbocycles. The van der Waals surface area contributed by atoms with Crippen LogP contribution in [0.3, 0.4) is 0 Å². The van der Waals surface area contributed by atoms with Crippen LogP contribution in [0.4, 0.5) is 10.1 Å². The molecular formula is C16H14FNO3. The Bertz CT molecular complexity index is 677. The molecule has 0 radical (unpaired) electrons. The van der Waals surface area contributed by atoms with E-state index in [1.54, 1.807) is 37.3 Å². The smallest absolute Gasteiger partial charge is 0.307 e. The summed E-state index contributed by atoms with van der Waals surface area (Å²) in [7, 11) is 0. The SMILES string of the molecule is Cc1cc(F)cc(C(=O)Nc2ccccc2CC(=O)O)c1. The number of carboxylic acids is 1. The number of anilines is 1. The Labute approximate surface area is 121 Å². The number of para-hydroxylation sites is 1. The number of nitrogens with one attached hydrogen (secondary N) is 1. The Morgan fingerprint density at radius 3 is 2.57 bits per heavy atom. The summed E-state index contributed by atoms with van der Waals surface area (Å²) < 4.78 is 13.3. The van der Waals surface area contributed by atoms with Crippen LogP contribution in [0, 0.1) is 12.7 Å². The van der Waals surface area contributed by atoms with Crippen LogP contribution >= 0.6 is 0 Å². The molecule has 0 fully saturated rings. The minimum atomic E-state index is -0.988. The molecule has 2 aromatic rings. The molecule has 2 aromatic carbocycles. The maximum atomic E-state index is 13.3. The minimum absolute atomic E-state index is 0.192. The molecule has 21 heavy (non-hydrogen) atoms. The number of amides is 1. The van der Waals surface area contributed by atoms with Crippen LogP contribution in [-0.2, 0) is 11.2 Å². The molecule has 1 amide bonds. The number of carbonyl (C=O) groups excluding carboxylic acids is 1. The van der Waals surface area contributed by atoms with E-state index in [9.17, 15) is 14.0 Å². The maximum Gasteiger partial charge on any atom is 0.307 e. The van der Waals surface area contributed by atoms with Gasteiger partial charge >= 0.3 is 5.97 Å². The molecule has 0 heterocycles. The Kier molecular flexibility index (Phi) is 4.33. The molecular weight excluding hydrogens is 273 g/mol. The van der Waals surface area contributed by atoms with Crippen molar-refractivity contribution in [3.63, 3.8) is 0 Å². The molecule has 0 aliphatic heterocycles. The van der Waals surface area contributed by atoms with Gasteiger partial charge in [-0.15, -0.1) is 0 Å². The third-order valence-corrected chi connectivity index (χ3v) is 2.91. The summed E-state index contributed by atoms with van der Waals surface area (Å²) in [6.45, 7) is 1.69. The lowest BCUT2D eigenvalue weighted by Crippen LogP contribution is -2.14. The van der Waals surface area contributed by atoms with Gasteiger partial charge in [0.25, 0.3) is 5.91 Å². The van der Waals surface area contributed by atoms with E-state index in [1.165, 1.54) is 6.07 Å². The van der Waals surface area contributed by atoms with Gasteiger partial charge in [-0.1, -0.05) is 18.2 Å². The predicted octanol–water partition coefficient (Wildman–Crippen LogP) is 3.01. The number of carbonyl (C=O) groups is 2. The molecule has 0 saturated heterocycles. The van der Waals surface area contributed by atoms with Crippen LogP contribution in [0.25, 0.3) is 0 Å². The third kappa shape index (κ3) is 3.89. The molecule has 0 aromatic heterocycles. The van der Waals surface area contributed by atoms with Gasteiger partial charge in [0.1, 0.15) is 5.82 Å². The highest BCUT2D eigenvalue weighted by atomic mass is 19.1. The van der Waals surface area contributed by atoms with E-state index in [0.29, 0.717) is 16.8 Å². The fourth-order valence-corrected chi connectivity index (χ4v) is 2.02. The average molecular weight is 287 g/mol. The summed E-state index contributed by atoms with van der Waals surface area (Å²) in [6, 6.07) is 10.7. The Balaban J connectivity index is 2.25. The van der Waals surface area contributed by atoms with Gasteiger partial charge in [0, 0.05) is 11.3 Å². The molecule has 0 unspecified atom stereocenters. The highest BCUT2D eigenvalue weighted by molar-refractivity contribution is 6.05. The van der Waals surface area contributed by atoms with Gasteiger partial charge < -0.3 is 10.4 Å². The molecule has 0 spiro atoms. The second-order valence-corrected chi connectivity index (χ2v) is 4.70. The van der Waals surface area contributed by atoms with Gasteiger partial charge in [-0.25, -0.2) is 4.39 Å². The Morgan fingerprint density at radius 1 is 1.19 bits per heavy atom. The monoisotopic (exact) mass is 287 g/mol.